The Bertz CT molecular complexity index is 1620. The number of carbonyl (C=O) groups is 2. The Kier molecular flexibility index (Phi) is 12.5. The lowest BCUT2D eigenvalue weighted by molar-refractivity contribution is -0.674. The quantitative estimate of drug-likeness (QED) is 0.145. The van der Waals surface area contributed by atoms with Gasteiger partial charge >= 0.3 is 11.9 Å². The van der Waals surface area contributed by atoms with Crippen molar-refractivity contribution in [3.05, 3.63) is 68.2 Å². The van der Waals surface area contributed by atoms with E-state index in [-0.39, 0.29) is 12.8 Å². The second-order valence-corrected chi connectivity index (χ2v) is 12.7. The van der Waals surface area contributed by atoms with E-state index in [1.165, 1.54) is 0 Å². The molecule has 8 nitrogen and oxygen atoms in total. The molecule has 4 rings (SSSR count). The number of benzene rings is 2. The number of rotatable bonds is 16. The highest BCUT2D eigenvalue weighted by molar-refractivity contribution is 6.43. The molecule has 0 fully saturated rings. The Morgan fingerprint density at radius 1 is 0.756 bits per heavy atom. The van der Waals surface area contributed by atoms with Gasteiger partial charge in [-0.1, -0.05) is 79.2 Å². The molecule has 0 saturated heterocycles. The summed E-state index contributed by atoms with van der Waals surface area (Å²) in [6, 6.07) is 7.43. The molecule has 1 aromatic heterocycles. The smallest absolute Gasteiger partial charge is 0.303 e. The van der Waals surface area contributed by atoms with Crippen molar-refractivity contribution in [3.8, 4) is 0 Å². The van der Waals surface area contributed by atoms with Gasteiger partial charge in [0.2, 0.25) is 0 Å². The first-order chi connectivity index (χ1) is 21.6. The molecular weight excluding hydrogens is 658 g/mol. The molecule has 45 heavy (non-hydrogen) atoms. The Morgan fingerprint density at radius 2 is 1.29 bits per heavy atom. The fraction of sp³-hybridized carbons (Fsp3) is 0.424. The summed E-state index contributed by atoms with van der Waals surface area (Å²) in [6.07, 6.45) is 10.9. The summed E-state index contributed by atoms with van der Waals surface area (Å²) in [4.78, 5) is 27.0. The third-order valence-corrected chi connectivity index (χ3v) is 9.25. The molecule has 2 N–H and O–H groups in total. The Morgan fingerprint density at radius 3 is 1.89 bits per heavy atom. The van der Waals surface area contributed by atoms with Crippen LogP contribution in [0.5, 0.6) is 0 Å². The standard InChI is InChI=1S/C33H38Cl4N4O4/c1-3-5-14-38-26-18-22(34)24(36)20-28(26)40(16-8-12-32(42)43)30(38)10-7-11-31-39(15-6-4-2)27-19-23(35)25(37)21-29(27)41(31)17-9-13-33(44)45/h7,10-11,18-21H,3-6,8-9,12-17H2,1-2H3,(H-,42,43,44,45)/p+1. The third-order valence-electron chi connectivity index (χ3n) is 7.81. The van der Waals surface area contributed by atoms with Crippen molar-refractivity contribution < 1.29 is 24.4 Å². The monoisotopic (exact) mass is 695 g/mol. The van der Waals surface area contributed by atoms with Gasteiger partial charge in [0.05, 0.1) is 44.6 Å². The number of hydrogen-bond acceptors (Lipinski definition) is 4. The third kappa shape index (κ3) is 8.28. The highest BCUT2D eigenvalue weighted by atomic mass is 35.5. The number of hydrogen-bond donors (Lipinski definition) is 2. The van der Waals surface area contributed by atoms with Crippen molar-refractivity contribution in [3.63, 3.8) is 0 Å². The fourth-order valence-corrected chi connectivity index (χ4v) is 6.26. The highest BCUT2D eigenvalue weighted by Gasteiger charge is 2.32. The summed E-state index contributed by atoms with van der Waals surface area (Å²) in [5.41, 5.74) is 3.63. The van der Waals surface area contributed by atoms with Gasteiger partial charge < -0.3 is 20.0 Å². The van der Waals surface area contributed by atoms with Gasteiger partial charge in [-0.3, -0.25) is 9.59 Å². The van der Waals surface area contributed by atoms with Crippen LogP contribution in [0.15, 0.2) is 42.2 Å². The second kappa shape index (κ2) is 16.1. The molecule has 0 radical (unpaired) electrons. The summed E-state index contributed by atoms with van der Waals surface area (Å²) >= 11 is 25.9. The van der Waals surface area contributed by atoms with Crippen molar-refractivity contribution in [2.75, 3.05) is 22.9 Å². The van der Waals surface area contributed by atoms with Crippen molar-refractivity contribution in [1.82, 2.24) is 4.57 Å². The molecule has 0 aliphatic carbocycles. The number of unbranched alkanes of at least 4 members (excludes halogenated alkanes) is 2. The van der Waals surface area contributed by atoms with Crippen LogP contribution in [0, 0.1) is 0 Å². The molecule has 2 aromatic carbocycles. The molecule has 0 atom stereocenters. The minimum Gasteiger partial charge on any atom is -0.481 e. The van der Waals surface area contributed by atoms with Crippen LogP contribution in [0.25, 0.3) is 17.1 Å². The molecule has 0 bridgehead atoms. The SMILES string of the molecule is CCCCN1C(=CC=Cc2n(CCCC)c3cc(Cl)c(Cl)cc3[n+]2CCCC(=O)O)N(CCCC(=O)O)c2cc(Cl)c(Cl)cc21. The largest absolute Gasteiger partial charge is 0.481 e. The van der Waals surface area contributed by atoms with Gasteiger partial charge in [0.15, 0.2) is 11.0 Å². The Hall–Kier alpha value is -2.91. The van der Waals surface area contributed by atoms with E-state index in [0.29, 0.717) is 46.0 Å². The van der Waals surface area contributed by atoms with Gasteiger partial charge in [-0.15, -0.1) is 0 Å². The molecule has 2 heterocycles. The van der Waals surface area contributed by atoms with Gasteiger partial charge in [0.25, 0.3) is 5.82 Å². The van der Waals surface area contributed by atoms with Crippen molar-refractivity contribution in [1.29, 1.82) is 0 Å². The molecule has 0 amide bonds. The maximum absolute atomic E-state index is 11.4. The zero-order chi connectivity index (χ0) is 32.7. The fourth-order valence-electron chi connectivity index (χ4n) is 5.63. The van der Waals surface area contributed by atoms with E-state index in [9.17, 15) is 19.8 Å². The van der Waals surface area contributed by atoms with Crippen LogP contribution in [0.4, 0.5) is 11.4 Å². The molecule has 0 unspecified atom stereocenters. The van der Waals surface area contributed by atoms with E-state index in [0.717, 1.165) is 72.8 Å². The van der Waals surface area contributed by atoms with Gasteiger partial charge in [0, 0.05) is 44.1 Å². The first-order valence-electron chi connectivity index (χ1n) is 15.3. The molecule has 1 aliphatic rings. The number of nitrogens with zero attached hydrogens (tertiary/aromatic N) is 4. The first-order valence-corrected chi connectivity index (χ1v) is 16.9. The topological polar surface area (TPSA) is 89.9 Å². The minimum absolute atomic E-state index is 0.0459. The van der Waals surface area contributed by atoms with E-state index < -0.39 is 11.9 Å². The van der Waals surface area contributed by atoms with Crippen molar-refractivity contribution in [2.24, 2.45) is 0 Å². The molecule has 12 heteroatoms. The summed E-state index contributed by atoms with van der Waals surface area (Å²) in [5.74, 6) is 0.116. The lowest BCUT2D eigenvalue weighted by Crippen LogP contribution is -2.37. The lowest BCUT2D eigenvalue weighted by atomic mass is 10.2. The predicted octanol–water partition coefficient (Wildman–Crippen LogP) is 9.05. The van der Waals surface area contributed by atoms with E-state index >= 15 is 0 Å². The summed E-state index contributed by atoms with van der Waals surface area (Å²) < 4.78 is 4.31. The molecule has 1 aliphatic heterocycles. The lowest BCUT2D eigenvalue weighted by Gasteiger charge is -2.25. The van der Waals surface area contributed by atoms with Crippen LogP contribution >= 0.6 is 46.4 Å². The number of aryl methyl sites for hydroxylation is 2. The predicted molar refractivity (Wildman–Crippen MR) is 184 cm³/mol. The van der Waals surface area contributed by atoms with Crippen molar-refractivity contribution >= 4 is 86.8 Å². The number of anilines is 2. The molecule has 0 saturated carbocycles. The Labute approximate surface area is 284 Å². The van der Waals surface area contributed by atoms with Crippen LogP contribution in [0.3, 0.4) is 0 Å². The Balaban J connectivity index is 1.84. The molecule has 3 aromatic rings. The van der Waals surface area contributed by atoms with E-state index in [4.69, 9.17) is 46.4 Å². The maximum atomic E-state index is 11.4. The van der Waals surface area contributed by atoms with Crippen LogP contribution in [-0.4, -0.2) is 39.8 Å². The van der Waals surface area contributed by atoms with Gasteiger partial charge in [0.1, 0.15) is 5.82 Å². The normalized spacial score (nSPS) is 14.0. The zero-order valence-corrected chi connectivity index (χ0v) is 28.6. The zero-order valence-electron chi connectivity index (χ0n) is 25.5. The number of carboxylic acid groups (broad SMARTS) is 2. The van der Waals surface area contributed by atoms with Gasteiger partial charge in [-0.05, 0) is 43.9 Å². The summed E-state index contributed by atoms with van der Waals surface area (Å²) in [7, 11) is 0. The van der Waals surface area contributed by atoms with Crippen LogP contribution in [-0.2, 0) is 22.7 Å². The average Bonchev–Trinajstić information content (AvgIpc) is 3.41. The van der Waals surface area contributed by atoms with Crippen LogP contribution in [0.2, 0.25) is 20.1 Å². The van der Waals surface area contributed by atoms with E-state index in [1.54, 1.807) is 0 Å². The second-order valence-electron chi connectivity index (χ2n) is 11.1. The number of carboxylic acids is 2. The summed E-state index contributed by atoms with van der Waals surface area (Å²) in [6.45, 7) is 6.75. The van der Waals surface area contributed by atoms with Crippen molar-refractivity contribution in [2.45, 2.75) is 78.3 Å². The number of fused-ring (bicyclic) bond motifs is 2. The molecule has 242 valence electrons. The van der Waals surface area contributed by atoms with Gasteiger partial charge in [-0.25, -0.2) is 9.13 Å². The number of imidazole rings is 1. The first kappa shape index (κ1) is 35.0. The van der Waals surface area contributed by atoms with E-state index in [1.807, 2.05) is 42.5 Å². The van der Waals surface area contributed by atoms with Crippen LogP contribution in [0.1, 0.15) is 71.0 Å². The average molecular weight is 698 g/mol. The van der Waals surface area contributed by atoms with Gasteiger partial charge in [-0.2, -0.15) is 0 Å². The molecule has 0 spiro atoms. The van der Waals surface area contributed by atoms with Crippen LogP contribution < -0.4 is 14.4 Å². The number of halogens is 4. The minimum atomic E-state index is -0.843. The summed E-state index contributed by atoms with van der Waals surface area (Å²) in [5, 5.41) is 20.4. The maximum Gasteiger partial charge on any atom is 0.303 e. The number of allylic oxidation sites excluding steroid dienone is 2. The number of aliphatic carboxylic acids is 2. The number of aromatic nitrogens is 2. The highest BCUT2D eigenvalue weighted by Crippen LogP contribution is 2.46. The van der Waals surface area contributed by atoms with E-state index in [2.05, 4.69) is 32.8 Å². The molecular formula is C33H39Cl4N4O4+.